The van der Waals surface area contributed by atoms with Gasteiger partial charge in [0.15, 0.2) is 5.82 Å². The molecule has 0 aromatic carbocycles. The molecule has 0 aliphatic carbocycles. The minimum Gasteiger partial charge on any atom is -0.237 e. The van der Waals surface area contributed by atoms with Gasteiger partial charge in [0.2, 0.25) is 0 Å². The second kappa shape index (κ2) is 2.21. The Morgan fingerprint density at radius 1 is 1.50 bits per heavy atom. The monoisotopic (exact) mass is 131 g/mol. The van der Waals surface area contributed by atoms with Crippen molar-refractivity contribution in [2.24, 2.45) is 4.99 Å². The molecule has 2 heterocycles. The van der Waals surface area contributed by atoms with E-state index in [2.05, 4.69) is 22.3 Å². The number of pyridine rings is 1. The number of hydrogen-bond donors (Lipinski definition) is 0. The smallest absolute Gasteiger partial charge is 0.155 e. The number of aryl methyl sites for hydroxylation is 1. The Kier molecular flexibility index (Phi) is 1.24. The maximum Gasteiger partial charge on any atom is 0.155 e. The van der Waals surface area contributed by atoms with Gasteiger partial charge in [-0.05, 0) is 24.5 Å². The number of rotatable bonds is 0. The minimum atomic E-state index is 0.841. The van der Waals surface area contributed by atoms with E-state index >= 15 is 0 Å². The molecule has 0 spiro atoms. The van der Waals surface area contributed by atoms with E-state index in [4.69, 9.17) is 0 Å². The van der Waals surface area contributed by atoms with E-state index in [1.54, 1.807) is 6.20 Å². The lowest BCUT2D eigenvalue weighted by molar-refractivity contribution is 1.00. The van der Waals surface area contributed by atoms with Crippen molar-refractivity contribution in [2.75, 3.05) is 0 Å². The van der Waals surface area contributed by atoms with Gasteiger partial charge in [0.1, 0.15) is 0 Å². The molecule has 1 aromatic heterocycles. The highest BCUT2D eigenvalue weighted by molar-refractivity contribution is 5.66. The van der Waals surface area contributed by atoms with Gasteiger partial charge in [-0.15, -0.1) is 0 Å². The molecule has 0 atom stereocenters. The van der Waals surface area contributed by atoms with Crippen LogP contribution in [0.25, 0.3) is 0 Å². The molecule has 49 valence electrons. The molecule has 0 saturated heterocycles. The van der Waals surface area contributed by atoms with Gasteiger partial charge in [0, 0.05) is 6.20 Å². The van der Waals surface area contributed by atoms with Crippen LogP contribution >= 0.6 is 0 Å². The highest BCUT2D eigenvalue weighted by Crippen LogP contribution is 2.19. The van der Waals surface area contributed by atoms with Crippen molar-refractivity contribution in [1.82, 2.24) is 4.98 Å². The molecule has 0 bridgehead atoms. The fourth-order valence-electron chi connectivity index (χ4n) is 1.05. The van der Waals surface area contributed by atoms with Gasteiger partial charge in [-0.2, -0.15) is 0 Å². The zero-order chi connectivity index (χ0) is 6.81. The van der Waals surface area contributed by atoms with E-state index in [0.29, 0.717) is 0 Å². The summed E-state index contributed by atoms with van der Waals surface area (Å²) in [6, 6.07) is 4.01. The molecule has 1 radical (unpaired) electrons. The van der Waals surface area contributed by atoms with Gasteiger partial charge in [-0.1, -0.05) is 6.07 Å². The topological polar surface area (TPSA) is 25.2 Å². The molecule has 0 unspecified atom stereocenters. The summed E-state index contributed by atoms with van der Waals surface area (Å²) in [4.78, 5) is 8.12. The van der Waals surface area contributed by atoms with Crippen molar-refractivity contribution < 1.29 is 0 Å². The van der Waals surface area contributed by atoms with Crippen molar-refractivity contribution >= 4 is 12.0 Å². The summed E-state index contributed by atoms with van der Waals surface area (Å²) in [5, 5.41) is 0. The molecule has 1 aliphatic heterocycles. The standard InChI is InChI=1S/C8H7N2/c1-3-7-4-2-6-10-8(7)9-5-1/h1,3,5H,2,4H2. The first-order valence-corrected chi connectivity index (χ1v) is 3.34. The summed E-state index contributed by atoms with van der Waals surface area (Å²) in [5.74, 6) is 0.841. The molecule has 2 heteroatoms. The van der Waals surface area contributed by atoms with Crippen molar-refractivity contribution in [3.05, 3.63) is 23.9 Å². The van der Waals surface area contributed by atoms with Gasteiger partial charge in [-0.25, -0.2) is 9.98 Å². The van der Waals surface area contributed by atoms with Crippen LogP contribution < -0.4 is 0 Å². The maximum atomic E-state index is 4.09. The lowest BCUT2D eigenvalue weighted by Gasteiger charge is -2.05. The molecule has 0 saturated carbocycles. The molecule has 1 aromatic rings. The van der Waals surface area contributed by atoms with Crippen molar-refractivity contribution in [1.29, 1.82) is 0 Å². The third-order valence-corrected chi connectivity index (χ3v) is 1.56. The number of fused-ring (bicyclic) bond motifs is 1. The van der Waals surface area contributed by atoms with Crippen LogP contribution in [0.15, 0.2) is 23.3 Å². The summed E-state index contributed by atoms with van der Waals surface area (Å²) >= 11 is 0. The SMILES string of the molecule is [C]1=Nc2ncccc2CC1. The fraction of sp³-hybridized carbons (Fsp3) is 0.250. The summed E-state index contributed by atoms with van der Waals surface area (Å²) < 4.78 is 0. The number of aromatic nitrogens is 1. The van der Waals surface area contributed by atoms with E-state index < -0.39 is 0 Å². The molecule has 0 N–H and O–H groups in total. The first-order valence-electron chi connectivity index (χ1n) is 3.34. The predicted molar refractivity (Wildman–Crippen MR) is 39.7 cm³/mol. The Balaban J connectivity index is 2.54. The Bertz CT molecular complexity index is 266. The Labute approximate surface area is 59.6 Å². The van der Waals surface area contributed by atoms with Gasteiger partial charge in [-0.3, -0.25) is 0 Å². The molecule has 2 nitrogen and oxygen atoms in total. The summed E-state index contributed by atoms with van der Waals surface area (Å²) in [5.41, 5.74) is 1.24. The van der Waals surface area contributed by atoms with Crippen LogP contribution in [0.5, 0.6) is 0 Å². The van der Waals surface area contributed by atoms with Gasteiger partial charge in [0.05, 0.1) is 6.21 Å². The van der Waals surface area contributed by atoms with E-state index in [1.165, 1.54) is 5.56 Å². The molecular weight excluding hydrogens is 124 g/mol. The minimum absolute atomic E-state index is 0.841. The van der Waals surface area contributed by atoms with E-state index in [0.717, 1.165) is 18.7 Å². The average molecular weight is 131 g/mol. The Hall–Kier alpha value is -1.18. The average Bonchev–Trinajstić information content (AvgIpc) is 2.05. The van der Waals surface area contributed by atoms with E-state index in [9.17, 15) is 0 Å². The second-order valence-electron chi connectivity index (χ2n) is 2.26. The Morgan fingerprint density at radius 2 is 2.50 bits per heavy atom. The van der Waals surface area contributed by atoms with Crippen LogP contribution in [0.4, 0.5) is 5.82 Å². The van der Waals surface area contributed by atoms with Crippen molar-refractivity contribution in [2.45, 2.75) is 12.8 Å². The van der Waals surface area contributed by atoms with Crippen molar-refractivity contribution in [3.8, 4) is 0 Å². The number of nitrogens with zero attached hydrogens (tertiary/aromatic N) is 2. The maximum absolute atomic E-state index is 4.09. The lowest BCUT2D eigenvalue weighted by Crippen LogP contribution is -1.94. The van der Waals surface area contributed by atoms with Gasteiger partial charge in [0.25, 0.3) is 0 Å². The summed E-state index contributed by atoms with van der Waals surface area (Å²) in [7, 11) is 0. The van der Waals surface area contributed by atoms with Crippen LogP contribution in [-0.2, 0) is 6.42 Å². The highest BCUT2D eigenvalue weighted by atomic mass is 14.9. The first-order chi connectivity index (χ1) is 4.97. The molecule has 2 rings (SSSR count). The molecule has 10 heavy (non-hydrogen) atoms. The number of aliphatic imine (C=N–C) groups is 1. The zero-order valence-electron chi connectivity index (χ0n) is 5.54. The predicted octanol–water partition coefficient (Wildman–Crippen LogP) is 1.61. The first kappa shape index (κ1) is 5.59. The van der Waals surface area contributed by atoms with Crippen LogP contribution in [0.3, 0.4) is 0 Å². The van der Waals surface area contributed by atoms with E-state index in [1.807, 2.05) is 6.07 Å². The quantitative estimate of drug-likeness (QED) is 0.525. The third-order valence-electron chi connectivity index (χ3n) is 1.56. The van der Waals surface area contributed by atoms with Crippen LogP contribution in [0.1, 0.15) is 12.0 Å². The lowest BCUT2D eigenvalue weighted by atomic mass is 10.1. The second-order valence-corrected chi connectivity index (χ2v) is 2.26. The third kappa shape index (κ3) is 0.817. The highest BCUT2D eigenvalue weighted by Gasteiger charge is 2.03. The van der Waals surface area contributed by atoms with Gasteiger partial charge >= 0.3 is 0 Å². The van der Waals surface area contributed by atoms with Gasteiger partial charge < -0.3 is 0 Å². The number of hydrogen-bond acceptors (Lipinski definition) is 2. The van der Waals surface area contributed by atoms with Crippen molar-refractivity contribution in [3.63, 3.8) is 0 Å². The largest absolute Gasteiger partial charge is 0.237 e. The normalized spacial score (nSPS) is 14.8. The molecule has 0 fully saturated rings. The molecule has 0 amide bonds. The summed E-state index contributed by atoms with van der Waals surface area (Å²) in [6.45, 7) is 0. The molecule has 1 aliphatic rings. The van der Waals surface area contributed by atoms with E-state index in [-0.39, 0.29) is 0 Å². The van der Waals surface area contributed by atoms with Crippen LogP contribution in [-0.4, -0.2) is 11.2 Å². The van der Waals surface area contributed by atoms with Crippen LogP contribution in [0.2, 0.25) is 0 Å². The fourth-order valence-corrected chi connectivity index (χ4v) is 1.05. The Morgan fingerprint density at radius 3 is 3.40 bits per heavy atom. The zero-order valence-corrected chi connectivity index (χ0v) is 5.54. The van der Waals surface area contributed by atoms with Crippen LogP contribution in [0, 0.1) is 0 Å². The molecular formula is C8H7N2. The summed E-state index contributed by atoms with van der Waals surface area (Å²) in [6.07, 6.45) is 6.63.